The quantitative estimate of drug-likeness (QED) is 0.334. The number of imidazole rings is 1. The molecule has 202 valence electrons. The van der Waals surface area contributed by atoms with Gasteiger partial charge in [0.15, 0.2) is 11.2 Å². The maximum absolute atomic E-state index is 11.9. The molecule has 1 saturated heterocycles. The van der Waals surface area contributed by atoms with Crippen molar-refractivity contribution in [2.45, 2.75) is 44.9 Å². The first-order valence-electron chi connectivity index (χ1n) is 13.3. The van der Waals surface area contributed by atoms with Crippen LogP contribution in [0.15, 0.2) is 54.9 Å². The molecule has 6 rings (SSSR count). The molecule has 0 radical (unpaired) electrons. The third kappa shape index (κ3) is 5.42. The fraction of sp³-hybridized carbons (Fsp3) is 0.379. The van der Waals surface area contributed by atoms with Gasteiger partial charge in [-0.1, -0.05) is 41.9 Å². The number of ether oxygens (including phenoxy) is 2. The second-order valence-corrected chi connectivity index (χ2v) is 10.8. The van der Waals surface area contributed by atoms with E-state index in [-0.39, 0.29) is 17.6 Å². The van der Waals surface area contributed by atoms with Gasteiger partial charge in [0, 0.05) is 25.2 Å². The molecule has 0 unspecified atom stereocenters. The first-order chi connectivity index (χ1) is 18.9. The molecule has 2 aliphatic rings. The van der Waals surface area contributed by atoms with Crippen molar-refractivity contribution in [1.29, 1.82) is 0 Å². The zero-order valence-corrected chi connectivity index (χ0v) is 22.8. The molecule has 1 saturated carbocycles. The Bertz CT molecular complexity index is 1500. The first-order valence-corrected chi connectivity index (χ1v) is 13.7. The van der Waals surface area contributed by atoms with E-state index in [4.69, 9.17) is 26.1 Å². The van der Waals surface area contributed by atoms with Crippen molar-refractivity contribution in [3.05, 3.63) is 65.4 Å². The summed E-state index contributed by atoms with van der Waals surface area (Å²) >= 11 is 6.83. The van der Waals surface area contributed by atoms with E-state index in [2.05, 4.69) is 43.8 Å². The molecule has 2 fully saturated rings. The highest BCUT2D eigenvalue weighted by atomic mass is 35.5. The van der Waals surface area contributed by atoms with Gasteiger partial charge in [-0.15, -0.1) is 0 Å². The first kappa shape index (κ1) is 25.6. The molecule has 2 aromatic heterocycles. The van der Waals surface area contributed by atoms with E-state index in [0.717, 1.165) is 30.5 Å². The molecule has 0 bridgehead atoms. The average Bonchev–Trinajstić information content (AvgIpc) is 3.55. The smallest absolute Gasteiger partial charge is 0.245 e. The number of halogens is 1. The number of carbonyl (C=O) groups is 1. The lowest BCUT2D eigenvalue weighted by molar-refractivity contribution is -0.128. The lowest BCUT2D eigenvalue weighted by Crippen LogP contribution is -2.54. The van der Waals surface area contributed by atoms with Crippen LogP contribution in [0.4, 0.5) is 0 Å². The maximum Gasteiger partial charge on any atom is 0.245 e. The minimum atomic E-state index is -0.197. The monoisotopic (exact) mass is 546 g/mol. The number of fused-ring (bicyclic) bond motifs is 1. The Balaban J connectivity index is 1.29. The van der Waals surface area contributed by atoms with Gasteiger partial charge in [-0.3, -0.25) is 9.69 Å². The lowest BCUT2D eigenvalue weighted by Gasteiger charge is -2.32. The molecule has 2 aromatic carbocycles. The molecule has 4 aromatic rings. The van der Waals surface area contributed by atoms with Crippen molar-refractivity contribution in [2.75, 3.05) is 26.2 Å². The zero-order valence-electron chi connectivity index (χ0n) is 22.1. The van der Waals surface area contributed by atoms with Crippen molar-refractivity contribution in [2.24, 2.45) is 0 Å². The van der Waals surface area contributed by atoms with Crippen molar-refractivity contribution in [3.63, 3.8) is 0 Å². The number of amides is 1. The van der Waals surface area contributed by atoms with Crippen LogP contribution in [-0.4, -0.2) is 68.2 Å². The fourth-order valence-corrected chi connectivity index (χ4v) is 5.06. The van der Waals surface area contributed by atoms with Crippen LogP contribution in [0.5, 0.6) is 11.6 Å². The largest absolute Gasteiger partial charge is 0.492 e. The fourth-order valence-electron chi connectivity index (χ4n) is 4.81. The van der Waals surface area contributed by atoms with E-state index < -0.39 is 0 Å². The van der Waals surface area contributed by atoms with Gasteiger partial charge >= 0.3 is 0 Å². The Labute approximate surface area is 232 Å². The summed E-state index contributed by atoms with van der Waals surface area (Å²) in [7, 11) is 0. The number of nitrogens with zero attached hydrogens (tertiary/aromatic N) is 5. The number of nitrogens with one attached hydrogen (secondary N) is 1. The third-order valence-electron chi connectivity index (χ3n) is 7.43. The summed E-state index contributed by atoms with van der Waals surface area (Å²) in [5.41, 5.74) is 3.00. The Hall–Kier alpha value is -3.69. The average molecular weight is 547 g/mol. The summed E-state index contributed by atoms with van der Waals surface area (Å²) in [5, 5.41) is 3.40. The summed E-state index contributed by atoms with van der Waals surface area (Å²) in [5.74, 6) is 1.89. The number of benzene rings is 2. The summed E-state index contributed by atoms with van der Waals surface area (Å²) in [4.78, 5) is 28.0. The number of rotatable bonds is 9. The Kier molecular flexibility index (Phi) is 6.86. The molecule has 1 aliphatic heterocycles. The molecule has 1 atom stereocenters. The third-order valence-corrected chi connectivity index (χ3v) is 7.75. The highest BCUT2D eigenvalue weighted by Gasteiger charge is 2.41. The van der Waals surface area contributed by atoms with E-state index in [1.807, 2.05) is 43.3 Å². The molecule has 39 heavy (non-hydrogen) atoms. The highest BCUT2D eigenvalue weighted by molar-refractivity contribution is 6.33. The second-order valence-electron chi connectivity index (χ2n) is 10.4. The minimum absolute atomic E-state index is 0.0523. The molecule has 1 N–H and O–H groups in total. The van der Waals surface area contributed by atoms with Crippen LogP contribution >= 0.6 is 11.6 Å². The van der Waals surface area contributed by atoms with Gasteiger partial charge in [-0.05, 0) is 50.5 Å². The molecule has 9 nitrogen and oxygen atoms in total. The summed E-state index contributed by atoms with van der Waals surface area (Å²) in [6.45, 7) is 7.13. The topological polar surface area (TPSA) is 94.4 Å². The van der Waals surface area contributed by atoms with Crippen molar-refractivity contribution >= 4 is 28.7 Å². The van der Waals surface area contributed by atoms with Crippen LogP contribution < -0.4 is 14.8 Å². The van der Waals surface area contributed by atoms with Gasteiger partial charge in [0.1, 0.15) is 30.1 Å². The van der Waals surface area contributed by atoms with Gasteiger partial charge in [0.05, 0.1) is 17.6 Å². The standard InChI is InChI=1S/C29H31ClN6O3/c1-19-27(37)31-12-13-35(19)14-15-38-21-8-9-22(23(30)16-21)25-34-24-26(36(25)17-20-6-4-3-5-7-20)32-18-33-28(24)39-29(2)10-11-29/h3-9,16,18-19H,10-15,17H2,1-2H3,(H,31,37)/t19-/m1/s1. The molecular weight excluding hydrogens is 516 g/mol. The molecule has 3 heterocycles. The van der Waals surface area contributed by atoms with E-state index in [0.29, 0.717) is 59.9 Å². The zero-order chi connectivity index (χ0) is 27.0. The number of aromatic nitrogens is 4. The second kappa shape index (κ2) is 10.5. The van der Waals surface area contributed by atoms with Crippen LogP contribution in [0.25, 0.3) is 22.6 Å². The van der Waals surface area contributed by atoms with Crippen LogP contribution in [-0.2, 0) is 11.3 Å². The SMILES string of the molecule is C[C@@H]1C(=O)NCCN1CCOc1ccc(-c2nc3c(OC4(C)CC4)ncnc3n2Cc2ccccc2)c(Cl)c1. The normalized spacial score (nSPS) is 18.6. The number of carbonyl (C=O) groups excluding carboxylic acids is 1. The molecule has 0 spiro atoms. The molecule has 1 amide bonds. The highest BCUT2D eigenvalue weighted by Crippen LogP contribution is 2.41. The van der Waals surface area contributed by atoms with E-state index in [1.54, 1.807) is 0 Å². The summed E-state index contributed by atoms with van der Waals surface area (Å²) < 4.78 is 14.3. The minimum Gasteiger partial charge on any atom is -0.492 e. The molecular formula is C29H31ClN6O3. The molecule has 10 heteroatoms. The Morgan fingerprint density at radius 1 is 1.15 bits per heavy atom. The van der Waals surface area contributed by atoms with E-state index >= 15 is 0 Å². The summed E-state index contributed by atoms with van der Waals surface area (Å²) in [6, 6.07) is 15.6. The van der Waals surface area contributed by atoms with Gasteiger partial charge < -0.3 is 19.4 Å². The van der Waals surface area contributed by atoms with Crippen LogP contribution in [0.3, 0.4) is 0 Å². The van der Waals surface area contributed by atoms with Crippen LogP contribution in [0, 0.1) is 0 Å². The van der Waals surface area contributed by atoms with Crippen LogP contribution in [0.2, 0.25) is 5.02 Å². The predicted molar refractivity (Wildman–Crippen MR) is 149 cm³/mol. The number of piperazine rings is 1. The lowest BCUT2D eigenvalue weighted by atomic mass is 10.2. The van der Waals surface area contributed by atoms with Gasteiger partial charge in [-0.25, -0.2) is 9.97 Å². The predicted octanol–water partition coefficient (Wildman–Crippen LogP) is 4.33. The maximum atomic E-state index is 11.9. The van der Waals surface area contributed by atoms with Gasteiger partial charge in [-0.2, -0.15) is 4.98 Å². The summed E-state index contributed by atoms with van der Waals surface area (Å²) in [6.07, 6.45) is 3.52. The van der Waals surface area contributed by atoms with Crippen molar-refractivity contribution < 1.29 is 14.3 Å². The van der Waals surface area contributed by atoms with Crippen molar-refractivity contribution in [3.8, 4) is 23.0 Å². The van der Waals surface area contributed by atoms with Gasteiger partial charge in [0.25, 0.3) is 0 Å². The Morgan fingerprint density at radius 2 is 1.97 bits per heavy atom. The Morgan fingerprint density at radius 3 is 2.74 bits per heavy atom. The van der Waals surface area contributed by atoms with E-state index in [1.165, 1.54) is 6.33 Å². The van der Waals surface area contributed by atoms with E-state index in [9.17, 15) is 4.79 Å². The molecule has 1 aliphatic carbocycles. The van der Waals surface area contributed by atoms with Gasteiger partial charge in [0.2, 0.25) is 11.8 Å². The number of hydrogen-bond acceptors (Lipinski definition) is 7. The number of hydrogen-bond donors (Lipinski definition) is 1. The van der Waals surface area contributed by atoms with Crippen molar-refractivity contribution in [1.82, 2.24) is 29.7 Å². The van der Waals surface area contributed by atoms with Crippen LogP contribution in [0.1, 0.15) is 32.3 Å².